The molecule has 6 nitrogen and oxygen atoms in total. The molecule has 3 rings (SSSR count). The zero-order valence-electron chi connectivity index (χ0n) is 12.0. The molecule has 0 aliphatic rings. The second-order valence-corrected chi connectivity index (χ2v) is 4.68. The Labute approximate surface area is 127 Å². The van der Waals surface area contributed by atoms with E-state index in [0.717, 1.165) is 17.0 Å². The predicted octanol–water partition coefficient (Wildman–Crippen LogP) is 2.37. The van der Waals surface area contributed by atoms with E-state index in [9.17, 15) is 0 Å². The van der Waals surface area contributed by atoms with E-state index in [1.165, 1.54) is 0 Å². The average molecular weight is 293 g/mol. The van der Waals surface area contributed by atoms with Gasteiger partial charge in [0.25, 0.3) is 0 Å². The van der Waals surface area contributed by atoms with E-state index >= 15 is 0 Å². The fourth-order valence-corrected chi connectivity index (χ4v) is 2.09. The maximum absolute atomic E-state index is 5.84. The Balaban J connectivity index is 1.95. The highest BCUT2D eigenvalue weighted by atomic mass is 16.5. The zero-order valence-corrected chi connectivity index (χ0v) is 12.0. The van der Waals surface area contributed by atoms with Gasteiger partial charge in [0.05, 0.1) is 18.3 Å². The van der Waals surface area contributed by atoms with Crippen molar-refractivity contribution in [1.82, 2.24) is 15.0 Å². The van der Waals surface area contributed by atoms with Gasteiger partial charge in [-0.1, -0.05) is 18.2 Å². The molecule has 0 amide bonds. The number of nitrogens with zero attached hydrogens (tertiary/aromatic N) is 3. The van der Waals surface area contributed by atoms with Crippen molar-refractivity contribution in [1.29, 1.82) is 0 Å². The molecule has 3 aromatic rings. The average Bonchev–Trinajstić information content (AvgIpc) is 2.53. The molecule has 6 heteroatoms. The standard InChI is InChI=1S/C16H15N5O/c1-22-12-4-2-3-10(9-12)5-6-11-7-8-13-14(19-11)15(17)21-16(18)20-13/h2-9H,1H3,(H4,17,18,20,21)/b6-5+. The number of ether oxygens (including phenoxy) is 1. The maximum atomic E-state index is 5.84. The number of fused-ring (bicyclic) bond motifs is 1. The number of aromatic nitrogens is 3. The lowest BCUT2D eigenvalue weighted by Crippen LogP contribution is -2.02. The van der Waals surface area contributed by atoms with Crippen LogP contribution >= 0.6 is 0 Å². The van der Waals surface area contributed by atoms with Crippen molar-refractivity contribution < 1.29 is 4.74 Å². The molecule has 0 saturated carbocycles. The lowest BCUT2D eigenvalue weighted by Gasteiger charge is -2.03. The summed E-state index contributed by atoms with van der Waals surface area (Å²) in [7, 11) is 1.64. The SMILES string of the molecule is COc1cccc(/C=C/c2ccc3nc(N)nc(N)c3n2)c1. The van der Waals surface area contributed by atoms with E-state index in [1.54, 1.807) is 7.11 Å². The van der Waals surface area contributed by atoms with Crippen LogP contribution < -0.4 is 16.2 Å². The summed E-state index contributed by atoms with van der Waals surface area (Å²) in [5.41, 5.74) is 14.4. The Morgan fingerprint density at radius 2 is 1.86 bits per heavy atom. The second kappa shape index (κ2) is 5.69. The highest BCUT2D eigenvalue weighted by Gasteiger charge is 2.04. The summed E-state index contributed by atoms with van der Waals surface area (Å²) in [5, 5.41) is 0. The minimum absolute atomic E-state index is 0.145. The van der Waals surface area contributed by atoms with Crippen molar-refractivity contribution in [3.63, 3.8) is 0 Å². The quantitative estimate of drug-likeness (QED) is 0.769. The molecule has 0 radical (unpaired) electrons. The Bertz CT molecular complexity index is 860. The molecule has 0 fully saturated rings. The van der Waals surface area contributed by atoms with Gasteiger partial charge in [0.2, 0.25) is 5.95 Å². The molecule has 1 aromatic carbocycles. The molecule has 0 bridgehead atoms. The van der Waals surface area contributed by atoms with Crippen molar-refractivity contribution in [3.8, 4) is 5.75 Å². The topological polar surface area (TPSA) is 99.9 Å². The number of benzene rings is 1. The van der Waals surface area contributed by atoms with Gasteiger partial charge in [0, 0.05) is 0 Å². The normalized spacial score (nSPS) is 11.1. The Kier molecular flexibility index (Phi) is 3.57. The van der Waals surface area contributed by atoms with Gasteiger partial charge in [-0.05, 0) is 35.9 Å². The molecule has 22 heavy (non-hydrogen) atoms. The van der Waals surface area contributed by atoms with E-state index in [-0.39, 0.29) is 11.8 Å². The van der Waals surface area contributed by atoms with Crippen LogP contribution in [0.15, 0.2) is 36.4 Å². The number of nitrogen functional groups attached to an aromatic ring is 2. The first-order chi connectivity index (χ1) is 10.7. The molecule has 0 atom stereocenters. The fraction of sp³-hybridized carbons (Fsp3) is 0.0625. The van der Waals surface area contributed by atoms with E-state index in [4.69, 9.17) is 16.2 Å². The first kappa shape index (κ1) is 13.8. The maximum Gasteiger partial charge on any atom is 0.222 e. The smallest absolute Gasteiger partial charge is 0.222 e. The first-order valence-corrected chi connectivity index (χ1v) is 6.67. The number of anilines is 2. The molecule has 2 aromatic heterocycles. The number of rotatable bonds is 3. The number of hydrogen-bond donors (Lipinski definition) is 2. The lowest BCUT2D eigenvalue weighted by molar-refractivity contribution is 0.414. The summed E-state index contributed by atoms with van der Waals surface area (Å²) in [4.78, 5) is 12.5. The van der Waals surface area contributed by atoms with Gasteiger partial charge in [0.15, 0.2) is 5.82 Å². The lowest BCUT2D eigenvalue weighted by atomic mass is 10.2. The third kappa shape index (κ3) is 2.80. The summed E-state index contributed by atoms with van der Waals surface area (Å²) in [6.07, 6.45) is 3.84. The molecule has 2 heterocycles. The van der Waals surface area contributed by atoms with Crippen molar-refractivity contribution in [2.24, 2.45) is 0 Å². The van der Waals surface area contributed by atoms with Crippen LogP contribution in [0, 0.1) is 0 Å². The summed E-state index contributed by atoms with van der Waals surface area (Å²) >= 11 is 0. The molecule has 0 saturated heterocycles. The van der Waals surface area contributed by atoms with E-state index < -0.39 is 0 Å². The molecular weight excluding hydrogens is 278 g/mol. The van der Waals surface area contributed by atoms with Gasteiger partial charge in [-0.15, -0.1) is 0 Å². The largest absolute Gasteiger partial charge is 0.497 e. The van der Waals surface area contributed by atoms with Crippen LogP contribution in [0.2, 0.25) is 0 Å². The summed E-state index contributed by atoms with van der Waals surface area (Å²) < 4.78 is 5.20. The summed E-state index contributed by atoms with van der Waals surface area (Å²) in [6.45, 7) is 0. The molecule has 0 aliphatic carbocycles. The molecule has 0 spiro atoms. The van der Waals surface area contributed by atoms with Gasteiger partial charge in [0.1, 0.15) is 11.3 Å². The number of nitrogens with two attached hydrogens (primary N) is 2. The van der Waals surface area contributed by atoms with Gasteiger partial charge in [-0.3, -0.25) is 0 Å². The van der Waals surface area contributed by atoms with Gasteiger partial charge in [-0.25, -0.2) is 9.97 Å². The number of hydrogen-bond acceptors (Lipinski definition) is 6. The van der Waals surface area contributed by atoms with Gasteiger partial charge >= 0.3 is 0 Å². The number of methoxy groups -OCH3 is 1. The third-order valence-corrected chi connectivity index (χ3v) is 3.15. The Hall–Kier alpha value is -3.15. The highest BCUT2D eigenvalue weighted by Crippen LogP contribution is 2.19. The van der Waals surface area contributed by atoms with E-state index in [1.807, 2.05) is 48.6 Å². The fourth-order valence-electron chi connectivity index (χ4n) is 2.09. The summed E-state index contributed by atoms with van der Waals surface area (Å²) in [5.74, 6) is 1.23. The van der Waals surface area contributed by atoms with Crippen molar-refractivity contribution >= 4 is 35.0 Å². The summed E-state index contributed by atoms with van der Waals surface area (Å²) in [6, 6.07) is 11.4. The minimum Gasteiger partial charge on any atom is -0.497 e. The van der Waals surface area contributed by atoms with E-state index in [0.29, 0.717) is 11.0 Å². The molecule has 0 aliphatic heterocycles. The van der Waals surface area contributed by atoms with Gasteiger partial charge in [-0.2, -0.15) is 4.98 Å². The van der Waals surface area contributed by atoms with Crippen molar-refractivity contribution in [2.45, 2.75) is 0 Å². The highest BCUT2D eigenvalue weighted by molar-refractivity contribution is 5.86. The number of pyridine rings is 1. The van der Waals surface area contributed by atoms with Crippen LogP contribution in [-0.2, 0) is 0 Å². The second-order valence-electron chi connectivity index (χ2n) is 4.68. The molecule has 0 unspecified atom stereocenters. The van der Waals surface area contributed by atoms with E-state index in [2.05, 4.69) is 15.0 Å². The minimum atomic E-state index is 0.145. The third-order valence-electron chi connectivity index (χ3n) is 3.15. The van der Waals surface area contributed by atoms with Crippen molar-refractivity contribution in [3.05, 3.63) is 47.7 Å². The van der Waals surface area contributed by atoms with Crippen LogP contribution in [0.25, 0.3) is 23.2 Å². The Morgan fingerprint density at radius 3 is 2.68 bits per heavy atom. The van der Waals surface area contributed by atoms with Gasteiger partial charge < -0.3 is 16.2 Å². The molecule has 4 N–H and O–H groups in total. The van der Waals surface area contributed by atoms with Crippen LogP contribution in [-0.4, -0.2) is 22.1 Å². The monoisotopic (exact) mass is 293 g/mol. The molecular formula is C16H15N5O. The predicted molar refractivity (Wildman–Crippen MR) is 88.1 cm³/mol. The Morgan fingerprint density at radius 1 is 1.00 bits per heavy atom. The first-order valence-electron chi connectivity index (χ1n) is 6.67. The van der Waals surface area contributed by atoms with Crippen LogP contribution in [0.3, 0.4) is 0 Å². The van der Waals surface area contributed by atoms with Crippen LogP contribution in [0.4, 0.5) is 11.8 Å². The van der Waals surface area contributed by atoms with Crippen LogP contribution in [0.5, 0.6) is 5.75 Å². The van der Waals surface area contributed by atoms with Crippen LogP contribution in [0.1, 0.15) is 11.3 Å². The molecule has 110 valence electrons. The van der Waals surface area contributed by atoms with Crippen molar-refractivity contribution in [2.75, 3.05) is 18.6 Å². The zero-order chi connectivity index (χ0) is 15.5.